The number of nitriles is 1. The Hall–Kier alpha value is -3.21. The third-order valence-electron chi connectivity index (χ3n) is 7.49. The van der Waals surface area contributed by atoms with Gasteiger partial charge in [0.1, 0.15) is 17.7 Å². The van der Waals surface area contributed by atoms with Gasteiger partial charge in [-0.1, -0.05) is 12.1 Å². The number of rotatable bonds is 7. The van der Waals surface area contributed by atoms with E-state index in [-0.39, 0.29) is 35.3 Å². The minimum Gasteiger partial charge on any atom is -0.444 e. The van der Waals surface area contributed by atoms with Crippen molar-refractivity contribution in [2.24, 2.45) is 5.14 Å². The summed E-state index contributed by atoms with van der Waals surface area (Å²) in [5.74, 6) is -0.496. The molecule has 212 valence electrons. The summed E-state index contributed by atoms with van der Waals surface area (Å²) in [4.78, 5) is 44.7. The summed E-state index contributed by atoms with van der Waals surface area (Å²) in [6.07, 6.45) is 1.09. The molecule has 1 aromatic carbocycles. The molecule has 0 saturated carbocycles. The SMILES string of the molecule is CC(c1cccc(S(N)(=O)=O)c1)N1C(=O)C2C[C@H]1CN2CC(NC(=O)OC(C)(C)C)C(=O)N1CCCC1C#N. The standard InChI is InChI=1S/C26H36N6O6S/c1-16(17-7-5-9-20(11-17)39(28,36)37)32-19-12-22(24(32)34)30(14-19)15-21(29-25(35)38-26(2,3)4)23(33)31-10-6-8-18(31)13-27/h5,7,9,11,16,18-19,21-22H,6,8,10,12,14-15H2,1-4H3,(H,29,35)(H2,28,36,37)/t16?,18?,19-,21?,22?/m0/s1. The lowest BCUT2D eigenvalue weighted by Crippen LogP contribution is -2.59. The molecule has 0 radical (unpaired) electrons. The summed E-state index contributed by atoms with van der Waals surface area (Å²) in [5, 5.41) is 17.5. The number of piperazine rings is 1. The zero-order valence-electron chi connectivity index (χ0n) is 22.7. The minimum atomic E-state index is -3.88. The highest BCUT2D eigenvalue weighted by Crippen LogP contribution is 2.38. The molecule has 13 heteroatoms. The second kappa shape index (κ2) is 10.7. The molecule has 3 heterocycles. The summed E-state index contributed by atoms with van der Waals surface area (Å²) in [7, 11) is -3.88. The van der Waals surface area contributed by atoms with Gasteiger partial charge in [-0.2, -0.15) is 5.26 Å². The topological polar surface area (TPSA) is 166 Å². The van der Waals surface area contributed by atoms with Crippen LogP contribution >= 0.6 is 0 Å². The van der Waals surface area contributed by atoms with Gasteiger partial charge in [0.2, 0.25) is 21.8 Å². The Kier molecular flexibility index (Phi) is 7.93. The molecular weight excluding hydrogens is 524 g/mol. The number of nitrogens with two attached hydrogens (primary N) is 1. The molecule has 3 amide bonds. The van der Waals surface area contributed by atoms with Crippen LogP contribution in [0, 0.1) is 11.3 Å². The van der Waals surface area contributed by atoms with Crippen LogP contribution in [-0.4, -0.2) is 90.4 Å². The van der Waals surface area contributed by atoms with E-state index in [0.29, 0.717) is 37.9 Å². The van der Waals surface area contributed by atoms with Gasteiger partial charge in [0.15, 0.2) is 0 Å². The smallest absolute Gasteiger partial charge is 0.408 e. The van der Waals surface area contributed by atoms with E-state index >= 15 is 0 Å². The van der Waals surface area contributed by atoms with Crippen molar-refractivity contribution >= 4 is 27.9 Å². The van der Waals surface area contributed by atoms with Crippen LogP contribution in [0.2, 0.25) is 0 Å². The van der Waals surface area contributed by atoms with Gasteiger partial charge in [0, 0.05) is 25.7 Å². The van der Waals surface area contributed by atoms with Crippen molar-refractivity contribution in [2.45, 2.75) is 87.7 Å². The maximum atomic E-state index is 13.5. The van der Waals surface area contributed by atoms with E-state index < -0.39 is 39.8 Å². The Bertz CT molecular complexity index is 1290. The predicted octanol–water partition coefficient (Wildman–Crippen LogP) is 1.09. The summed E-state index contributed by atoms with van der Waals surface area (Å²) < 4.78 is 29.0. The van der Waals surface area contributed by atoms with Crippen molar-refractivity contribution < 1.29 is 27.5 Å². The molecule has 3 N–H and O–H groups in total. The highest BCUT2D eigenvalue weighted by Gasteiger charge is 2.52. The number of ether oxygens (including phenoxy) is 1. The predicted molar refractivity (Wildman–Crippen MR) is 140 cm³/mol. The second-order valence-corrected chi connectivity index (χ2v) is 13.0. The van der Waals surface area contributed by atoms with Gasteiger partial charge in [-0.25, -0.2) is 18.4 Å². The van der Waals surface area contributed by atoms with Crippen LogP contribution in [0.4, 0.5) is 4.79 Å². The van der Waals surface area contributed by atoms with Crippen molar-refractivity contribution in [1.29, 1.82) is 5.26 Å². The molecule has 39 heavy (non-hydrogen) atoms. The van der Waals surface area contributed by atoms with Gasteiger partial charge < -0.3 is 19.9 Å². The number of hydrogen-bond donors (Lipinski definition) is 2. The van der Waals surface area contributed by atoms with Crippen LogP contribution in [0.3, 0.4) is 0 Å². The van der Waals surface area contributed by atoms with Gasteiger partial charge >= 0.3 is 6.09 Å². The maximum Gasteiger partial charge on any atom is 0.408 e. The van der Waals surface area contributed by atoms with Gasteiger partial charge in [-0.05, 0) is 64.7 Å². The molecule has 0 aliphatic carbocycles. The number of benzene rings is 1. The normalized spacial score (nSPS) is 24.9. The number of nitrogens with zero attached hydrogens (tertiary/aromatic N) is 4. The lowest BCUT2D eigenvalue weighted by atomic mass is 10.1. The Balaban J connectivity index is 1.50. The maximum absolute atomic E-state index is 13.5. The number of fused-ring (bicyclic) bond motifs is 2. The number of sulfonamides is 1. The van der Waals surface area contributed by atoms with Crippen LogP contribution in [0.5, 0.6) is 0 Å². The van der Waals surface area contributed by atoms with Gasteiger partial charge in [-0.15, -0.1) is 0 Å². The Morgan fingerprint density at radius 1 is 1.31 bits per heavy atom. The van der Waals surface area contributed by atoms with E-state index in [0.717, 1.165) is 0 Å². The highest BCUT2D eigenvalue weighted by atomic mass is 32.2. The summed E-state index contributed by atoms with van der Waals surface area (Å²) in [6.45, 7) is 8.03. The summed E-state index contributed by atoms with van der Waals surface area (Å²) in [5.41, 5.74) is -0.106. The lowest BCUT2D eigenvalue weighted by molar-refractivity contribution is -0.141. The van der Waals surface area contributed by atoms with Crippen LogP contribution in [0.1, 0.15) is 58.6 Å². The first-order chi connectivity index (χ1) is 18.2. The molecule has 0 spiro atoms. The van der Waals surface area contributed by atoms with E-state index in [9.17, 15) is 28.1 Å². The van der Waals surface area contributed by atoms with Gasteiger partial charge in [-0.3, -0.25) is 14.5 Å². The third kappa shape index (κ3) is 6.18. The molecule has 1 aromatic rings. The molecule has 3 saturated heterocycles. The minimum absolute atomic E-state index is 0.0163. The first-order valence-electron chi connectivity index (χ1n) is 13.1. The Morgan fingerprint density at radius 3 is 2.64 bits per heavy atom. The molecule has 3 aliphatic heterocycles. The van der Waals surface area contributed by atoms with E-state index in [1.54, 1.807) is 37.8 Å². The zero-order chi connectivity index (χ0) is 28.7. The number of hydrogen-bond acceptors (Lipinski definition) is 8. The van der Waals surface area contributed by atoms with Crippen LogP contribution in [0.15, 0.2) is 29.2 Å². The number of likely N-dealkylation sites (tertiary alicyclic amines) is 3. The Morgan fingerprint density at radius 2 is 2.03 bits per heavy atom. The van der Waals surface area contributed by atoms with Crippen molar-refractivity contribution in [2.75, 3.05) is 19.6 Å². The molecule has 2 bridgehead atoms. The van der Waals surface area contributed by atoms with Crippen molar-refractivity contribution in [1.82, 2.24) is 20.0 Å². The first-order valence-corrected chi connectivity index (χ1v) is 14.6. The van der Waals surface area contributed by atoms with E-state index in [1.165, 1.54) is 17.0 Å². The molecule has 0 aromatic heterocycles. The fourth-order valence-electron chi connectivity index (χ4n) is 5.75. The molecule has 12 nitrogen and oxygen atoms in total. The highest BCUT2D eigenvalue weighted by molar-refractivity contribution is 7.89. The van der Waals surface area contributed by atoms with E-state index in [4.69, 9.17) is 9.88 Å². The molecule has 3 fully saturated rings. The average molecular weight is 561 g/mol. The van der Waals surface area contributed by atoms with Gasteiger partial charge in [0.05, 0.1) is 23.0 Å². The quantitative estimate of drug-likeness (QED) is 0.500. The largest absolute Gasteiger partial charge is 0.444 e. The molecule has 3 aliphatic rings. The lowest BCUT2D eigenvalue weighted by Gasteiger charge is -2.39. The fraction of sp³-hybridized carbons (Fsp3) is 0.615. The summed E-state index contributed by atoms with van der Waals surface area (Å²) in [6, 6.07) is 5.86. The number of primary sulfonamides is 1. The number of carbonyl (C=O) groups is 3. The van der Waals surface area contributed by atoms with Crippen molar-refractivity contribution in [3.8, 4) is 6.07 Å². The fourth-order valence-corrected chi connectivity index (χ4v) is 6.31. The molecular formula is C26H36N6O6S. The molecule has 4 rings (SSSR count). The van der Waals surface area contributed by atoms with Crippen LogP contribution in [-0.2, 0) is 24.3 Å². The average Bonchev–Trinajstić information content (AvgIpc) is 3.55. The third-order valence-corrected chi connectivity index (χ3v) is 8.40. The first kappa shape index (κ1) is 28.8. The van der Waals surface area contributed by atoms with Gasteiger partial charge in [0.25, 0.3) is 0 Å². The number of alkyl carbamates (subject to hydrolysis) is 1. The van der Waals surface area contributed by atoms with E-state index in [2.05, 4.69) is 11.4 Å². The van der Waals surface area contributed by atoms with Crippen LogP contribution in [0.25, 0.3) is 0 Å². The van der Waals surface area contributed by atoms with Crippen LogP contribution < -0.4 is 10.5 Å². The molecule has 5 atom stereocenters. The zero-order valence-corrected chi connectivity index (χ0v) is 23.5. The number of carbonyl (C=O) groups excluding carboxylic acids is 3. The molecule has 4 unspecified atom stereocenters. The Labute approximate surface area is 229 Å². The second-order valence-electron chi connectivity index (χ2n) is 11.4. The number of nitrogens with one attached hydrogen (secondary N) is 1. The monoisotopic (exact) mass is 560 g/mol. The van der Waals surface area contributed by atoms with E-state index in [1.807, 2.05) is 11.8 Å². The van der Waals surface area contributed by atoms with Crippen molar-refractivity contribution in [3.63, 3.8) is 0 Å². The van der Waals surface area contributed by atoms with Crippen molar-refractivity contribution in [3.05, 3.63) is 29.8 Å². The summed E-state index contributed by atoms with van der Waals surface area (Å²) >= 11 is 0. The number of amides is 3.